The Hall–Kier alpha value is -3.34. The molecule has 0 saturated heterocycles. The molecular formula is C21H17ClN6S. The fraction of sp³-hybridized carbons (Fsp3) is 0.0476. The van der Waals surface area contributed by atoms with Crippen LogP contribution in [-0.4, -0.2) is 17.0 Å². The van der Waals surface area contributed by atoms with Crippen LogP contribution < -0.4 is 16.0 Å². The van der Waals surface area contributed by atoms with E-state index < -0.39 is 0 Å². The lowest BCUT2D eigenvalue weighted by Gasteiger charge is -2.12. The van der Waals surface area contributed by atoms with E-state index in [2.05, 4.69) is 44.6 Å². The normalized spacial score (nSPS) is 10.6. The lowest BCUT2D eigenvalue weighted by molar-refractivity contribution is 1.25. The molecule has 4 rings (SSSR count). The number of nitrogens with zero attached hydrogens (tertiary/aromatic N) is 2. The number of aromatic amines is 1. The van der Waals surface area contributed by atoms with Gasteiger partial charge < -0.3 is 20.9 Å². The Bertz CT molecular complexity index is 1240. The van der Waals surface area contributed by atoms with Crippen LogP contribution in [0.15, 0.2) is 59.6 Å². The number of hydrogen-bond acceptors (Lipinski definition) is 6. The van der Waals surface area contributed by atoms with Gasteiger partial charge in [0.1, 0.15) is 17.6 Å². The van der Waals surface area contributed by atoms with E-state index in [1.165, 1.54) is 0 Å². The number of pyridine rings is 1. The summed E-state index contributed by atoms with van der Waals surface area (Å²) in [6.07, 6.45) is 1.84. The largest absolute Gasteiger partial charge is 0.387 e. The molecule has 0 aliphatic rings. The average molecular weight is 421 g/mol. The van der Waals surface area contributed by atoms with Gasteiger partial charge in [0.15, 0.2) is 0 Å². The van der Waals surface area contributed by atoms with Gasteiger partial charge in [-0.05, 0) is 42.5 Å². The standard InChI is InChI=1S/C21H17ClN6S/c1-24-18-3-2-12(9-20(18)29)26-13-6-15(11-23)28-21(10-13)27-14-7-17(22)16-4-5-25-19(16)8-14/h2-10,24-25,29H,1H3,(H2,26,27,28). The zero-order chi connectivity index (χ0) is 20.4. The van der Waals surface area contributed by atoms with Crippen molar-refractivity contribution in [2.24, 2.45) is 0 Å². The highest BCUT2D eigenvalue weighted by Crippen LogP contribution is 2.30. The minimum Gasteiger partial charge on any atom is -0.387 e. The van der Waals surface area contributed by atoms with Crippen molar-refractivity contribution in [3.63, 3.8) is 0 Å². The summed E-state index contributed by atoms with van der Waals surface area (Å²) in [5, 5.41) is 20.6. The zero-order valence-electron chi connectivity index (χ0n) is 15.4. The van der Waals surface area contributed by atoms with Crippen LogP contribution in [0.3, 0.4) is 0 Å². The SMILES string of the molecule is CNc1ccc(Nc2cc(C#N)nc(Nc3cc(Cl)c4cc[nH]c4c3)c2)cc1S. The maximum atomic E-state index is 9.37. The molecule has 2 heterocycles. The van der Waals surface area contributed by atoms with Crippen molar-refractivity contribution < 1.29 is 0 Å². The van der Waals surface area contributed by atoms with E-state index in [0.717, 1.165) is 38.5 Å². The molecule has 0 atom stereocenters. The first-order chi connectivity index (χ1) is 14.1. The first-order valence-corrected chi connectivity index (χ1v) is 9.62. The van der Waals surface area contributed by atoms with E-state index in [4.69, 9.17) is 11.6 Å². The Balaban J connectivity index is 1.64. The van der Waals surface area contributed by atoms with Crippen LogP contribution in [-0.2, 0) is 0 Å². The number of halogens is 1. The third kappa shape index (κ3) is 4.09. The van der Waals surface area contributed by atoms with Crippen molar-refractivity contribution in [2.45, 2.75) is 4.90 Å². The van der Waals surface area contributed by atoms with Crippen LogP contribution in [0.5, 0.6) is 0 Å². The highest BCUT2D eigenvalue weighted by molar-refractivity contribution is 7.80. The highest BCUT2D eigenvalue weighted by Gasteiger charge is 2.08. The van der Waals surface area contributed by atoms with E-state index in [1.807, 2.05) is 55.7 Å². The lowest BCUT2D eigenvalue weighted by Crippen LogP contribution is -1.99. The molecule has 2 aromatic carbocycles. The molecule has 8 heteroatoms. The minimum atomic E-state index is 0.294. The number of nitriles is 1. The molecule has 0 amide bonds. The fourth-order valence-electron chi connectivity index (χ4n) is 3.05. The van der Waals surface area contributed by atoms with E-state index in [0.29, 0.717) is 16.5 Å². The third-order valence-corrected chi connectivity index (χ3v) is 5.07. The van der Waals surface area contributed by atoms with Crippen LogP contribution in [0.2, 0.25) is 5.02 Å². The number of rotatable bonds is 5. The Morgan fingerprint density at radius 1 is 1.03 bits per heavy atom. The molecule has 0 aliphatic heterocycles. The van der Waals surface area contributed by atoms with Crippen molar-refractivity contribution in [3.8, 4) is 6.07 Å². The third-order valence-electron chi connectivity index (χ3n) is 4.39. The molecule has 144 valence electrons. The van der Waals surface area contributed by atoms with Crippen LogP contribution in [0, 0.1) is 11.3 Å². The van der Waals surface area contributed by atoms with Crippen molar-refractivity contribution in [3.05, 3.63) is 65.4 Å². The fourth-order valence-corrected chi connectivity index (χ4v) is 3.66. The number of nitrogens with one attached hydrogen (secondary N) is 4. The Kier molecular flexibility index (Phi) is 5.21. The molecule has 0 saturated carbocycles. The highest BCUT2D eigenvalue weighted by atomic mass is 35.5. The van der Waals surface area contributed by atoms with E-state index in [1.54, 1.807) is 6.07 Å². The maximum Gasteiger partial charge on any atom is 0.144 e. The molecule has 4 N–H and O–H groups in total. The van der Waals surface area contributed by atoms with Gasteiger partial charge in [0.2, 0.25) is 0 Å². The smallest absolute Gasteiger partial charge is 0.144 e. The molecule has 4 aromatic rings. The topological polar surface area (TPSA) is 88.6 Å². The summed E-state index contributed by atoms with van der Waals surface area (Å²) in [6, 6.07) is 17.1. The van der Waals surface area contributed by atoms with Gasteiger partial charge in [-0.25, -0.2) is 4.98 Å². The van der Waals surface area contributed by atoms with E-state index in [9.17, 15) is 5.26 Å². The minimum absolute atomic E-state index is 0.294. The van der Waals surface area contributed by atoms with Crippen molar-refractivity contribution in [2.75, 3.05) is 23.0 Å². The summed E-state index contributed by atoms with van der Waals surface area (Å²) in [5.41, 5.74) is 4.50. The van der Waals surface area contributed by atoms with Crippen molar-refractivity contribution >= 4 is 63.7 Å². The summed E-state index contributed by atoms with van der Waals surface area (Å²) in [7, 11) is 1.85. The quantitative estimate of drug-likeness (QED) is 0.259. The average Bonchev–Trinajstić information content (AvgIpc) is 3.17. The number of aromatic nitrogens is 2. The molecule has 0 bridgehead atoms. The van der Waals surface area contributed by atoms with Gasteiger partial charge in [-0.3, -0.25) is 0 Å². The summed E-state index contributed by atoms with van der Waals surface area (Å²) >= 11 is 10.8. The predicted molar refractivity (Wildman–Crippen MR) is 122 cm³/mol. The maximum absolute atomic E-state index is 9.37. The molecule has 0 fully saturated rings. The summed E-state index contributed by atoms with van der Waals surface area (Å²) in [6.45, 7) is 0. The van der Waals surface area contributed by atoms with E-state index >= 15 is 0 Å². The van der Waals surface area contributed by atoms with Gasteiger partial charge in [0.25, 0.3) is 0 Å². The van der Waals surface area contributed by atoms with Crippen LogP contribution in [0.25, 0.3) is 10.9 Å². The Morgan fingerprint density at radius 3 is 2.62 bits per heavy atom. The molecule has 0 spiro atoms. The van der Waals surface area contributed by atoms with Crippen LogP contribution >= 0.6 is 24.2 Å². The van der Waals surface area contributed by atoms with Gasteiger partial charge in [-0.15, -0.1) is 12.6 Å². The van der Waals surface area contributed by atoms with Gasteiger partial charge in [-0.1, -0.05) is 11.6 Å². The molecule has 0 radical (unpaired) electrons. The van der Waals surface area contributed by atoms with Crippen LogP contribution in [0.4, 0.5) is 28.6 Å². The molecule has 2 aromatic heterocycles. The second-order valence-corrected chi connectivity index (χ2v) is 7.26. The molecule has 29 heavy (non-hydrogen) atoms. The van der Waals surface area contributed by atoms with Gasteiger partial charge in [0.05, 0.1) is 5.02 Å². The number of H-pyrrole nitrogens is 1. The second-order valence-electron chi connectivity index (χ2n) is 6.37. The second kappa shape index (κ2) is 7.95. The Labute approximate surface area is 178 Å². The van der Waals surface area contributed by atoms with E-state index in [-0.39, 0.29) is 0 Å². The van der Waals surface area contributed by atoms with Gasteiger partial charge >= 0.3 is 0 Å². The van der Waals surface area contributed by atoms with Crippen LogP contribution in [0.1, 0.15) is 5.69 Å². The zero-order valence-corrected chi connectivity index (χ0v) is 17.1. The molecule has 0 aliphatic carbocycles. The number of anilines is 5. The van der Waals surface area contributed by atoms with Crippen molar-refractivity contribution in [1.82, 2.24) is 9.97 Å². The molecule has 0 unspecified atom stereocenters. The number of benzene rings is 2. The Morgan fingerprint density at radius 2 is 1.86 bits per heavy atom. The summed E-state index contributed by atoms with van der Waals surface area (Å²) in [5.74, 6) is 0.534. The number of thiol groups is 1. The van der Waals surface area contributed by atoms with Gasteiger partial charge in [0, 0.05) is 57.9 Å². The predicted octanol–water partition coefficient (Wildman–Crippen LogP) is 5.91. The summed E-state index contributed by atoms with van der Waals surface area (Å²) < 4.78 is 0. The first kappa shape index (κ1) is 19.0. The lowest BCUT2D eigenvalue weighted by atomic mass is 10.2. The van der Waals surface area contributed by atoms with Crippen molar-refractivity contribution in [1.29, 1.82) is 5.26 Å². The number of fused-ring (bicyclic) bond motifs is 1. The first-order valence-electron chi connectivity index (χ1n) is 8.79. The number of hydrogen-bond donors (Lipinski definition) is 5. The van der Waals surface area contributed by atoms with Gasteiger partial charge in [-0.2, -0.15) is 5.26 Å². The summed E-state index contributed by atoms with van der Waals surface area (Å²) in [4.78, 5) is 8.31. The molecular weight excluding hydrogens is 404 g/mol. The monoisotopic (exact) mass is 420 g/mol. The molecule has 6 nitrogen and oxygen atoms in total.